The van der Waals surface area contributed by atoms with E-state index in [0.717, 1.165) is 13.0 Å². The van der Waals surface area contributed by atoms with Crippen LogP contribution in [0.2, 0.25) is 0 Å². The summed E-state index contributed by atoms with van der Waals surface area (Å²) in [5.74, 6) is 0.565. The van der Waals surface area contributed by atoms with E-state index in [1.165, 1.54) is 0 Å². The molecule has 3 atom stereocenters. The lowest BCUT2D eigenvalue weighted by atomic mass is 9.90. The van der Waals surface area contributed by atoms with Crippen molar-refractivity contribution < 1.29 is 9.47 Å². The zero-order chi connectivity index (χ0) is 10.8. The maximum atomic E-state index is 5.93. The van der Waals surface area contributed by atoms with Gasteiger partial charge in [0.05, 0.1) is 12.7 Å². The fourth-order valence-electron chi connectivity index (χ4n) is 1.98. The van der Waals surface area contributed by atoms with Crippen molar-refractivity contribution in [2.75, 3.05) is 6.61 Å². The summed E-state index contributed by atoms with van der Waals surface area (Å²) in [6.45, 7) is 12.9. The van der Waals surface area contributed by atoms with Gasteiger partial charge >= 0.3 is 0 Å². The Labute approximate surface area is 87.3 Å². The molecule has 0 N–H and O–H groups in total. The van der Waals surface area contributed by atoms with E-state index in [1.807, 2.05) is 19.9 Å². The largest absolute Gasteiger partial charge is 0.350 e. The van der Waals surface area contributed by atoms with E-state index in [1.54, 1.807) is 0 Å². The van der Waals surface area contributed by atoms with Crippen LogP contribution in [-0.4, -0.2) is 18.5 Å². The lowest BCUT2D eigenvalue weighted by Crippen LogP contribution is -2.47. The lowest BCUT2D eigenvalue weighted by molar-refractivity contribution is -0.299. The molecule has 1 heterocycles. The summed E-state index contributed by atoms with van der Waals surface area (Å²) < 4.78 is 11.5. The van der Waals surface area contributed by atoms with Gasteiger partial charge in [0.25, 0.3) is 0 Å². The van der Waals surface area contributed by atoms with Crippen LogP contribution in [0.25, 0.3) is 0 Å². The van der Waals surface area contributed by atoms with Gasteiger partial charge in [0.15, 0.2) is 5.79 Å². The van der Waals surface area contributed by atoms with Crippen molar-refractivity contribution >= 4 is 0 Å². The third-order valence-corrected chi connectivity index (χ3v) is 2.77. The number of allylic oxidation sites excluding steroid dienone is 1. The third-order valence-electron chi connectivity index (χ3n) is 2.77. The topological polar surface area (TPSA) is 18.5 Å². The van der Waals surface area contributed by atoms with Crippen molar-refractivity contribution in [2.24, 2.45) is 11.8 Å². The van der Waals surface area contributed by atoms with E-state index in [0.29, 0.717) is 11.8 Å². The minimum atomic E-state index is -0.424. The number of ether oxygens (including phenoxy) is 2. The summed E-state index contributed by atoms with van der Waals surface area (Å²) in [6, 6.07) is 0. The molecule has 0 aromatic rings. The molecule has 2 nitrogen and oxygen atoms in total. The highest BCUT2D eigenvalue weighted by Gasteiger charge is 2.36. The maximum absolute atomic E-state index is 5.93. The van der Waals surface area contributed by atoms with Crippen molar-refractivity contribution in [2.45, 2.75) is 46.0 Å². The Bertz CT molecular complexity index is 198. The van der Waals surface area contributed by atoms with E-state index in [-0.39, 0.29) is 6.10 Å². The minimum Gasteiger partial charge on any atom is -0.350 e. The van der Waals surface area contributed by atoms with Crippen LogP contribution in [0.3, 0.4) is 0 Å². The molecule has 0 radical (unpaired) electrons. The maximum Gasteiger partial charge on any atom is 0.163 e. The van der Waals surface area contributed by atoms with Crippen LogP contribution < -0.4 is 0 Å². The van der Waals surface area contributed by atoms with Crippen LogP contribution in [0.4, 0.5) is 0 Å². The first-order valence-electron chi connectivity index (χ1n) is 5.39. The van der Waals surface area contributed by atoms with Crippen molar-refractivity contribution in [3.05, 3.63) is 12.7 Å². The van der Waals surface area contributed by atoms with Crippen LogP contribution >= 0.6 is 0 Å². The zero-order valence-corrected chi connectivity index (χ0v) is 9.75. The molecule has 1 rings (SSSR count). The van der Waals surface area contributed by atoms with E-state index < -0.39 is 5.79 Å². The molecule has 0 saturated carbocycles. The quantitative estimate of drug-likeness (QED) is 0.649. The van der Waals surface area contributed by atoms with Crippen LogP contribution in [-0.2, 0) is 9.47 Å². The third kappa shape index (κ3) is 2.82. The molecule has 0 unspecified atom stereocenters. The predicted octanol–water partition coefficient (Wildman–Crippen LogP) is 2.99. The predicted molar refractivity (Wildman–Crippen MR) is 58.0 cm³/mol. The SMILES string of the molecule is C=CC[C@@H](C)[C@@H]1OC(C)(C)OC[C@H]1C. The highest BCUT2D eigenvalue weighted by Crippen LogP contribution is 2.31. The summed E-state index contributed by atoms with van der Waals surface area (Å²) >= 11 is 0. The fourth-order valence-corrected chi connectivity index (χ4v) is 1.98. The molecule has 1 aliphatic rings. The van der Waals surface area contributed by atoms with Gasteiger partial charge in [0, 0.05) is 5.92 Å². The fraction of sp³-hybridized carbons (Fsp3) is 0.833. The Morgan fingerprint density at radius 3 is 2.79 bits per heavy atom. The standard InChI is InChI=1S/C12H22O2/c1-6-7-9(2)11-10(3)8-13-12(4,5)14-11/h6,9-11H,1,7-8H2,2-5H3/t9-,10-,11+/m1/s1. The molecule has 0 aliphatic carbocycles. The summed E-state index contributed by atoms with van der Waals surface area (Å²) in [7, 11) is 0. The van der Waals surface area contributed by atoms with E-state index >= 15 is 0 Å². The van der Waals surface area contributed by atoms with Gasteiger partial charge < -0.3 is 9.47 Å². The molecule has 1 saturated heterocycles. The first-order valence-corrected chi connectivity index (χ1v) is 5.39. The van der Waals surface area contributed by atoms with Crippen LogP contribution in [0.5, 0.6) is 0 Å². The van der Waals surface area contributed by atoms with Gasteiger partial charge in [-0.25, -0.2) is 0 Å². The second-order valence-electron chi connectivity index (χ2n) is 4.77. The monoisotopic (exact) mass is 198 g/mol. The zero-order valence-electron chi connectivity index (χ0n) is 9.75. The normalized spacial score (nSPS) is 33.7. The Kier molecular flexibility index (Phi) is 3.73. The summed E-state index contributed by atoms with van der Waals surface area (Å²) in [5, 5.41) is 0. The van der Waals surface area contributed by atoms with Gasteiger partial charge in [-0.2, -0.15) is 0 Å². The average molecular weight is 198 g/mol. The second kappa shape index (κ2) is 4.45. The summed E-state index contributed by atoms with van der Waals surface area (Å²) in [6.07, 6.45) is 3.26. The highest BCUT2D eigenvalue weighted by atomic mass is 16.7. The molecule has 0 aromatic heterocycles. The molecular formula is C12H22O2. The Morgan fingerprint density at radius 2 is 2.21 bits per heavy atom. The Morgan fingerprint density at radius 1 is 1.57 bits per heavy atom. The van der Waals surface area contributed by atoms with Crippen molar-refractivity contribution in [1.29, 1.82) is 0 Å². The van der Waals surface area contributed by atoms with Crippen LogP contribution in [0.1, 0.15) is 34.1 Å². The van der Waals surface area contributed by atoms with E-state index in [2.05, 4.69) is 20.4 Å². The van der Waals surface area contributed by atoms with Crippen molar-refractivity contribution in [3.8, 4) is 0 Å². The van der Waals surface area contributed by atoms with Gasteiger partial charge in [-0.15, -0.1) is 6.58 Å². The number of hydrogen-bond donors (Lipinski definition) is 0. The van der Waals surface area contributed by atoms with Gasteiger partial charge in [-0.05, 0) is 26.2 Å². The smallest absolute Gasteiger partial charge is 0.163 e. The van der Waals surface area contributed by atoms with Gasteiger partial charge in [0.2, 0.25) is 0 Å². The van der Waals surface area contributed by atoms with Crippen molar-refractivity contribution in [1.82, 2.24) is 0 Å². The second-order valence-corrected chi connectivity index (χ2v) is 4.77. The molecule has 0 bridgehead atoms. The van der Waals surface area contributed by atoms with E-state index in [4.69, 9.17) is 9.47 Å². The molecule has 14 heavy (non-hydrogen) atoms. The molecule has 0 aromatic carbocycles. The first kappa shape index (κ1) is 11.7. The Balaban J connectivity index is 2.60. The molecule has 0 spiro atoms. The van der Waals surface area contributed by atoms with E-state index in [9.17, 15) is 0 Å². The Hall–Kier alpha value is -0.340. The molecule has 1 aliphatic heterocycles. The van der Waals surface area contributed by atoms with Gasteiger partial charge in [-0.1, -0.05) is 19.9 Å². The molecule has 1 fully saturated rings. The molecule has 2 heteroatoms. The summed E-state index contributed by atoms with van der Waals surface area (Å²) in [4.78, 5) is 0. The number of hydrogen-bond acceptors (Lipinski definition) is 2. The van der Waals surface area contributed by atoms with Crippen LogP contribution in [0.15, 0.2) is 12.7 Å². The van der Waals surface area contributed by atoms with Crippen LogP contribution in [0, 0.1) is 11.8 Å². The first-order chi connectivity index (χ1) is 6.46. The minimum absolute atomic E-state index is 0.289. The molecule has 0 amide bonds. The average Bonchev–Trinajstić information content (AvgIpc) is 2.10. The van der Waals surface area contributed by atoms with Gasteiger partial charge in [0.1, 0.15) is 0 Å². The molecule has 82 valence electrons. The number of rotatable bonds is 3. The van der Waals surface area contributed by atoms with Crippen molar-refractivity contribution in [3.63, 3.8) is 0 Å². The van der Waals surface area contributed by atoms with Gasteiger partial charge in [-0.3, -0.25) is 0 Å². The highest BCUT2D eigenvalue weighted by molar-refractivity contribution is 4.83. The molecular weight excluding hydrogens is 176 g/mol. The summed E-state index contributed by atoms with van der Waals surface area (Å²) in [5.41, 5.74) is 0. The lowest BCUT2D eigenvalue weighted by Gasteiger charge is -2.42.